The third-order valence-corrected chi connectivity index (χ3v) is 3.55. The summed E-state index contributed by atoms with van der Waals surface area (Å²) in [6.07, 6.45) is 12.2. The molecule has 1 aliphatic rings. The Labute approximate surface area is 104 Å². The van der Waals surface area contributed by atoms with Crippen LogP contribution in [-0.4, -0.2) is 16.5 Å². The summed E-state index contributed by atoms with van der Waals surface area (Å²) in [5, 5.41) is 3.52. The van der Waals surface area contributed by atoms with Crippen molar-refractivity contribution in [1.29, 1.82) is 0 Å². The highest BCUT2D eigenvalue weighted by Crippen LogP contribution is 2.22. The zero-order valence-electron chi connectivity index (χ0n) is 10.8. The average molecular weight is 233 g/mol. The lowest BCUT2D eigenvalue weighted by molar-refractivity contribution is 0.423. The van der Waals surface area contributed by atoms with Gasteiger partial charge in [0.2, 0.25) is 0 Å². The van der Waals surface area contributed by atoms with Crippen LogP contribution in [0.4, 0.5) is 0 Å². The van der Waals surface area contributed by atoms with Crippen LogP contribution >= 0.6 is 0 Å². The molecule has 0 amide bonds. The zero-order valence-corrected chi connectivity index (χ0v) is 10.8. The lowest BCUT2D eigenvalue weighted by atomic mass is 10.0. The van der Waals surface area contributed by atoms with Crippen molar-refractivity contribution in [2.24, 2.45) is 5.92 Å². The van der Waals surface area contributed by atoms with E-state index in [1.54, 1.807) is 0 Å². The van der Waals surface area contributed by atoms with Gasteiger partial charge in [-0.1, -0.05) is 25.7 Å². The number of aromatic nitrogens is 2. The van der Waals surface area contributed by atoms with Crippen LogP contribution in [0.2, 0.25) is 0 Å². The van der Waals surface area contributed by atoms with E-state index in [1.165, 1.54) is 38.5 Å². The minimum absolute atomic E-state index is 0.851. The first kappa shape index (κ1) is 12.5. The van der Waals surface area contributed by atoms with Gasteiger partial charge in [0.15, 0.2) is 0 Å². The Hall–Kier alpha value is -0.960. The van der Waals surface area contributed by atoms with Gasteiger partial charge in [0.1, 0.15) is 0 Å². The summed E-state index contributed by atoms with van der Waals surface area (Å²) in [4.78, 5) is 8.61. The molecule has 94 valence electrons. The molecule has 3 nitrogen and oxygen atoms in total. The maximum absolute atomic E-state index is 4.35. The molecule has 0 unspecified atom stereocenters. The van der Waals surface area contributed by atoms with Gasteiger partial charge in [0, 0.05) is 18.9 Å². The predicted octanol–water partition coefficient (Wildman–Crippen LogP) is 2.85. The van der Waals surface area contributed by atoms with Gasteiger partial charge in [-0.05, 0) is 32.2 Å². The summed E-state index contributed by atoms with van der Waals surface area (Å²) < 4.78 is 0. The van der Waals surface area contributed by atoms with Crippen LogP contribution < -0.4 is 5.32 Å². The van der Waals surface area contributed by atoms with Gasteiger partial charge in [-0.3, -0.25) is 9.97 Å². The lowest BCUT2D eigenvalue weighted by Gasteiger charge is -2.14. The fourth-order valence-corrected chi connectivity index (χ4v) is 2.48. The number of aryl methyl sites for hydroxylation is 1. The van der Waals surface area contributed by atoms with Crippen molar-refractivity contribution in [3.05, 3.63) is 23.8 Å². The molecule has 3 heteroatoms. The van der Waals surface area contributed by atoms with Crippen molar-refractivity contribution in [2.75, 3.05) is 6.54 Å². The molecule has 0 atom stereocenters. The third kappa shape index (κ3) is 4.43. The highest BCUT2D eigenvalue weighted by Gasteiger charge is 2.11. The van der Waals surface area contributed by atoms with Gasteiger partial charge in [0.25, 0.3) is 0 Å². The van der Waals surface area contributed by atoms with Crippen LogP contribution in [-0.2, 0) is 6.54 Å². The molecule has 1 saturated carbocycles. The lowest BCUT2D eigenvalue weighted by Crippen LogP contribution is -2.22. The van der Waals surface area contributed by atoms with Gasteiger partial charge < -0.3 is 5.32 Å². The topological polar surface area (TPSA) is 37.8 Å². The molecule has 1 N–H and O–H groups in total. The number of hydrogen-bond acceptors (Lipinski definition) is 3. The minimum Gasteiger partial charge on any atom is -0.311 e. The summed E-state index contributed by atoms with van der Waals surface area (Å²) >= 11 is 0. The fraction of sp³-hybridized carbons (Fsp3) is 0.714. The van der Waals surface area contributed by atoms with Gasteiger partial charge in [-0.25, -0.2) is 0 Å². The molecule has 1 aliphatic carbocycles. The Morgan fingerprint density at radius 3 is 2.53 bits per heavy atom. The van der Waals surface area contributed by atoms with E-state index < -0.39 is 0 Å². The molecule has 1 fully saturated rings. The van der Waals surface area contributed by atoms with Crippen LogP contribution in [0.25, 0.3) is 0 Å². The first-order chi connectivity index (χ1) is 8.34. The van der Waals surface area contributed by atoms with E-state index in [0.717, 1.165) is 30.4 Å². The van der Waals surface area contributed by atoms with E-state index in [0.29, 0.717) is 0 Å². The second kappa shape index (κ2) is 6.70. The molecule has 17 heavy (non-hydrogen) atoms. The van der Waals surface area contributed by atoms with E-state index >= 15 is 0 Å². The first-order valence-electron chi connectivity index (χ1n) is 6.83. The molecule has 0 spiro atoms. The first-order valence-corrected chi connectivity index (χ1v) is 6.83. The summed E-state index contributed by atoms with van der Waals surface area (Å²) in [6.45, 7) is 3.95. The van der Waals surface area contributed by atoms with Crippen molar-refractivity contribution in [3.8, 4) is 0 Å². The normalized spacial score (nSPS) is 17.9. The molecule has 0 aromatic carbocycles. The quantitative estimate of drug-likeness (QED) is 0.813. The van der Waals surface area contributed by atoms with Crippen molar-refractivity contribution in [2.45, 2.75) is 52.0 Å². The molecule has 1 heterocycles. The van der Waals surface area contributed by atoms with Crippen molar-refractivity contribution in [3.63, 3.8) is 0 Å². The highest BCUT2D eigenvalue weighted by molar-refractivity contribution is 5.00. The Bertz CT molecular complexity index is 313. The maximum Gasteiger partial charge on any atom is 0.0724 e. The van der Waals surface area contributed by atoms with Gasteiger partial charge in [-0.2, -0.15) is 0 Å². The van der Waals surface area contributed by atoms with Gasteiger partial charge >= 0.3 is 0 Å². The SMILES string of the molecule is Cc1cnc(CNCC2CCCCCC2)cn1. The van der Waals surface area contributed by atoms with Crippen molar-refractivity contribution >= 4 is 0 Å². The fourth-order valence-electron chi connectivity index (χ4n) is 2.48. The number of rotatable bonds is 4. The van der Waals surface area contributed by atoms with E-state index in [2.05, 4.69) is 15.3 Å². The number of hydrogen-bond donors (Lipinski definition) is 1. The van der Waals surface area contributed by atoms with Crippen LogP contribution in [0.15, 0.2) is 12.4 Å². The predicted molar refractivity (Wildman–Crippen MR) is 69.7 cm³/mol. The monoisotopic (exact) mass is 233 g/mol. The second-order valence-electron chi connectivity index (χ2n) is 5.14. The van der Waals surface area contributed by atoms with Crippen LogP contribution in [0.5, 0.6) is 0 Å². The zero-order chi connectivity index (χ0) is 11.9. The van der Waals surface area contributed by atoms with E-state index in [4.69, 9.17) is 0 Å². The largest absolute Gasteiger partial charge is 0.311 e. The van der Waals surface area contributed by atoms with Crippen molar-refractivity contribution in [1.82, 2.24) is 15.3 Å². The third-order valence-electron chi connectivity index (χ3n) is 3.55. The summed E-state index contributed by atoms with van der Waals surface area (Å²) in [7, 11) is 0. The Morgan fingerprint density at radius 2 is 1.88 bits per heavy atom. The van der Waals surface area contributed by atoms with Crippen LogP contribution in [0, 0.1) is 12.8 Å². The second-order valence-corrected chi connectivity index (χ2v) is 5.14. The molecular weight excluding hydrogens is 210 g/mol. The molecule has 0 saturated heterocycles. The summed E-state index contributed by atoms with van der Waals surface area (Å²) in [5.74, 6) is 0.871. The number of nitrogens with one attached hydrogen (secondary N) is 1. The molecule has 0 bridgehead atoms. The van der Waals surface area contributed by atoms with E-state index in [1.807, 2.05) is 19.3 Å². The highest BCUT2D eigenvalue weighted by atomic mass is 14.9. The Morgan fingerprint density at radius 1 is 1.12 bits per heavy atom. The van der Waals surface area contributed by atoms with E-state index in [9.17, 15) is 0 Å². The van der Waals surface area contributed by atoms with E-state index in [-0.39, 0.29) is 0 Å². The molecule has 2 rings (SSSR count). The molecule has 0 aliphatic heterocycles. The van der Waals surface area contributed by atoms with Crippen LogP contribution in [0.3, 0.4) is 0 Å². The van der Waals surface area contributed by atoms with Crippen LogP contribution in [0.1, 0.15) is 49.9 Å². The molecule has 1 aromatic heterocycles. The molecule has 1 aromatic rings. The molecule has 0 radical (unpaired) electrons. The molecular formula is C14H23N3. The maximum atomic E-state index is 4.35. The summed E-state index contributed by atoms with van der Waals surface area (Å²) in [6, 6.07) is 0. The standard InChI is InChI=1S/C14H23N3/c1-12-8-17-14(11-16-12)10-15-9-13-6-4-2-3-5-7-13/h8,11,13,15H,2-7,9-10H2,1H3. The average Bonchev–Trinajstić information content (AvgIpc) is 2.60. The Balaban J connectivity index is 1.69. The van der Waals surface area contributed by atoms with Crippen molar-refractivity contribution < 1.29 is 0 Å². The van der Waals surface area contributed by atoms with Gasteiger partial charge in [-0.15, -0.1) is 0 Å². The Kier molecular flexibility index (Phi) is 4.92. The minimum atomic E-state index is 0.851. The summed E-state index contributed by atoms with van der Waals surface area (Å²) in [5.41, 5.74) is 2.03. The number of nitrogens with zero attached hydrogens (tertiary/aromatic N) is 2. The smallest absolute Gasteiger partial charge is 0.0724 e. The van der Waals surface area contributed by atoms with Gasteiger partial charge in [0.05, 0.1) is 11.4 Å².